The van der Waals surface area contributed by atoms with E-state index in [4.69, 9.17) is 37.4 Å². The number of hydrogen-bond donors (Lipinski definition) is 2. The van der Waals surface area contributed by atoms with Crippen molar-refractivity contribution >= 4 is 47.2 Å². The zero-order chi connectivity index (χ0) is 26.0. The molecule has 0 saturated carbocycles. The molecule has 0 spiro atoms. The average Bonchev–Trinajstić information content (AvgIpc) is 2.81. The summed E-state index contributed by atoms with van der Waals surface area (Å²) in [5, 5.41) is 7.22. The highest BCUT2D eigenvalue weighted by Crippen LogP contribution is 2.27. The van der Waals surface area contributed by atoms with Crippen LogP contribution in [0.15, 0.2) is 41.5 Å². The fraction of sp³-hybridized carbons (Fsp3) is 0.333. The number of benzene rings is 2. The van der Waals surface area contributed by atoms with Gasteiger partial charge in [-0.2, -0.15) is 5.10 Å². The minimum atomic E-state index is -0.861. The quantitative estimate of drug-likeness (QED) is 0.262. The normalized spacial score (nSPS) is 11.7. The number of halogens is 2. The highest BCUT2D eigenvalue weighted by atomic mass is 35.5. The molecule has 11 heteroatoms. The van der Waals surface area contributed by atoms with E-state index in [9.17, 15) is 14.4 Å². The van der Waals surface area contributed by atoms with Gasteiger partial charge in [0.2, 0.25) is 0 Å². The van der Waals surface area contributed by atoms with Crippen molar-refractivity contribution in [2.24, 2.45) is 11.0 Å². The lowest BCUT2D eigenvalue weighted by molar-refractivity contribution is -0.145. The van der Waals surface area contributed by atoms with Gasteiger partial charge in [0, 0.05) is 5.02 Å². The molecule has 2 rings (SSSR count). The number of carbonyl (C=O) groups excluding carboxylic acids is 3. The zero-order valence-corrected chi connectivity index (χ0v) is 21.3. The SMILES string of the molecule is CCOC(=O)COc1ccc(C=NNC(=O)C(NC(=O)c2ccc(Cl)cc2Cl)C(C)C)cc1OC. The van der Waals surface area contributed by atoms with Crippen LogP contribution in [0.1, 0.15) is 36.7 Å². The molecule has 188 valence electrons. The Morgan fingerprint density at radius 3 is 2.46 bits per heavy atom. The molecule has 1 atom stereocenters. The van der Waals surface area contributed by atoms with Crippen molar-refractivity contribution in [3.63, 3.8) is 0 Å². The zero-order valence-electron chi connectivity index (χ0n) is 19.8. The number of rotatable bonds is 11. The van der Waals surface area contributed by atoms with E-state index in [0.29, 0.717) is 22.1 Å². The summed E-state index contributed by atoms with van der Waals surface area (Å²) in [5.41, 5.74) is 3.23. The largest absolute Gasteiger partial charge is 0.493 e. The minimum absolute atomic E-state index is 0.180. The van der Waals surface area contributed by atoms with Gasteiger partial charge in [-0.1, -0.05) is 37.0 Å². The molecule has 2 amide bonds. The maximum absolute atomic E-state index is 12.7. The van der Waals surface area contributed by atoms with E-state index in [0.717, 1.165) is 0 Å². The lowest BCUT2D eigenvalue weighted by atomic mass is 10.0. The molecule has 2 aromatic rings. The molecule has 0 aliphatic heterocycles. The van der Waals surface area contributed by atoms with E-state index in [1.807, 2.05) is 0 Å². The second-order valence-corrected chi connectivity index (χ2v) is 8.40. The molecule has 0 aliphatic rings. The molecule has 2 N–H and O–H groups in total. The van der Waals surface area contributed by atoms with Crippen LogP contribution in [0, 0.1) is 5.92 Å². The Labute approximate surface area is 213 Å². The summed E-state index contributed by atoms with van der Waals surface area (Å²) in [6.07, 6.45) is 1.41. The summed E-state index contributed by atoms with van der Waals surface area (Å²) in [6.45, 7) is 5.29. The Bertz CT molecular complexity index is 1090. The van der Waals surface area contributed by atoms with Crippen LogP contribution < -0.4 is 20.2 Å². The molecule has 0 fully saturated rings. The second kappa shape index (κ2) is 13.6. The van der Waals surface area contributed by atoms with E-state index in [2.05, 4.69) is 15.8 Å². The van der Waals surface area contributed by atoms with Crippen molar-refractivity contribution in [2.45, 2.75) is 26.8 Å². The third kappa shape index (κ3) is 8.45. The van der Waals surface area contributed by atoms with Gasteiger partial charge < -0.3 is 19.5 Å². The van der Waals surface area contributed by atoms with Crippen molar-refractivity contribution < 1.29 is 28.6 Å². The molecule has 0 aromatic heterocycles. The van der Waals surface area contributed by atoms with Crippen LogP contribution in [0.2, 0.25) is 10.0 Å². The Balaban J connectivity index is 2.03. The number of nitrogens with zero attached hydrogens (tertiary/aromatic N) is 1. The van der Waals surface area contributed by atoms with Gasteiger partial charge in [0.25, 0.3) is 11.8 Å². The summed E-state index contributed by atoms with van der Waals surface area (Å²) < 4.78 is 15.5. The third-order valence-corrected chi connectivity index (χ3v) is 5.19. The highest BCUT2D eigenvalue weighted by Gasteiger charge is 2.25. The van der Waals surface area contributed by atoms with Gasteiger partial charge in [-0.15, -0.1) is 0 Å². The van der Waals surface area contributed by atoms with Crippen molar-refractivity contribution in [3.8, 4) is 11.5 Å². The van der Waals surface area contributed by atoms with Crippen LogP contribution in [0.25, 0.3) is 0 Å². The Morgan fingerprint density at radius 2 is 1.83 bits per heavy atom. The smallest absolute Gasteiger partial charge is 0.344 e. The number of hydrogen-bond acceptors (Lipinski definition) is 7. The summed E-state index contributed by atoms with van der Waals surface area (Å²) in [6, 6.07) is 8.52. The number of methoxy groups -OCH3 is 1. The van der Waals surface area contributed by atoms with E-state index in [1.54, 1.807) is 45.0 Å². The Hall–Kier alpha value is -3.30. The molecule has 0 aliphatic carbocycles. The number of amides is 2. The minimum Gasteiger partial charge on any atom is -0.493 e. The van der Waals surface area contributed by atoms with Crippen LogP contribution in [0.4, 0.5) is 0 Å². The van der Waals surface area contributed by atoms with Gasteiger partial charge in [0.15, 0.2) is 18.1 Å². The van der Waals surface area contributed by atoms with Crippen LogP contribution in [-0.4, -0.2) is 50.4 Å². The topological polar surface area (TPSA) is 115 Å². The number of esters is 1. The summed E-state index contributed by atoms with van der Waals surface area (Å²) >= 11 is 12.0. The van der Waals surface area contributed by atoms with Gasteiger partial charge in [0.05, 0.1) is 30.5 Å². The third-order valence-electron chi connectivity index (χ3n) is 4.64. The molecule has 0 saturated heterocycles. The van der Waals surface area contributed by atoms with Crippen LogP contribution in [-0.2, 0) is 14.3 Å². The van der Waals surface area contributed by atoms with Gasteiger partial charge >= 0.3 is 5.97 Å². The highest BCUT2D eigenvalue weighted by molar-refractivity contribution is 6.36. The molecule has 0 radical (unpaired) electrons. The van der Waals surface area contributed by atoms with E-state index >= 15 is 0 Å². The maximum atomic E-state index is 12.7. The molecule has 2 aromatic carbocycles. The van der Waals surface area contributed by atoms with Gasteiger partial charge in [-0.3, -0.25) is 9.59 Å². The van der Waals surface area contributed by atoms with Crippen molar-refractivity contribution in [3.05, 3.63) is 57.6 Å². The van der Waals surface area contributed by atoms with Crippen LogP contribution in [0.3, 0.4) is 0 Å². The van der Waals surface area contributed by atoms with Gasteiger partial charge in [0.1, 0.15) is 6.04 Å². The van der Waals surface area contributed by atoms with Crippen molar-refractivity contribution in [1.82, 2.24) is 10.7 Å². The van der Waals surface area contributed by atoms with E-state index in [1.165, 1.54) is 25.5 Å². The first-order chi connectivity index (χ1) is 16.7. The van der Waals surface area contributed by atoms with Crippen molar-refractivity contribution in [1.29, 1.82) is 0 Å². The number of hydrazone groups is 1. The predicted octanol–water partition coefficient (Wildman–Crippen LogP) is 3.85. The lowest BCUT2D eigenvalue weighted by Crippen LogP contribution is -2.48. The molecule has 35 heavy (non-hydrogen) atoms. The standard InChI is InChI=1S/C24H27Cl2N3O6/c1-5-34-21(30)13-35-19-9-6-15(10-20(19)33-4)12-27-29-24(32)22(14(2)3)28-23(31)17-8-7-16(25)11-18(17)26/h6-12,14,22H,5,13H2,1-4H3,(H,28,31)(H,29,32). The van der Waals surface area contributed by atoms with Crippen LogP contribution in [0.5, 0.6) is 11.5 Å². The first kappa shape index (κ1) is 27.9. The lowest BCUT2D eigenvalue weighted by Gasteiger charge is -2.20. The molecule has 0 bridgehead atoms. The fourth-order valence-corrected chi connectivity index (χ4v) is 3.38. The van der Waals surface area contributed by atoms with Gasteiger partial charge in [-0.05, 0) is 54.8 Å². The summed E-state index contributed by atoms with van der Waals surface area (Å²) in [4.78, 5) is 36.8. The van der Waals surface area contributed by atoms with E-state index < -0.39 is 23.8 Å². The molecule has 1 unspecified atom stereocenters. The van der Waals surface area contributed by atoms with E-state index in [-0.39, 0.29) is 29.7 Å². The Morgan fingerprint density at radius 1 is 1.09 bits per heavy atom. The molecular weight excluding hydrogens is 497 g/mol. The maximum Gasteiger partial charge on any atom is 0.344 e. The van der Waals surface area contributed by atoms with Crippen molar-refractivity contribution in [2.75, 3.05) is 20.3 Å². The molecule has 0 heterocycles. The Kier molecular flexibility index (Phi) is 10.8. The van der Waals surface area contributed by atoms with Crippen LogP contribution >= 0.6 is 23.2 Å². The first-order valence-corrected chi connectivity index (χ1v) is 11.5. The second-order valence-electron chi connectivity index (χ2n) is 7.56. The summed E-state index contributed by atoms with van der Waals surface area (Å²) in [5.74, 6) is -1.00. The number of nitrogens with one attached hydrogen (secondary N) is 2. The summed E-state index contributed by atoms with van der Waals surface area (Å²) in [7, 11) is 1.46. The van der Waals surface area contributed by atoms with Gasteiger partial charge in [-0.25, -0.2) is 10.2 Å². The number of carbonyl (C=O) groups is 3. The first-order valence-electron chi connectivity index (χ1n) is 10.7. The monoisotopic (exact) mass is 523 g/mol. The molecular formula is C24H27Cl2N3O6. The fourth-order valence-electron chi connectivity index (χ4n) is 2.89. The molecule has 9 nitrogen and oxygen atoms in total. The predicted molar refractivity (Wildman–Crippen MR) is 133 cm³/mol. The number of ether oxygens (including phenoxy) is 3. The average molecular weight is 524 g/mol.